The van der Waals surface area contributed by atoms with Crippen LogP contribution in [0.1, 0.15) is 30.0 Å². The zero-order chi connectivity index (χ0) is 20.9. The van der Waals surface area contributed by atoms with Gasteiger partial charge in [-0.1, -0.05) is 25.1 Å². The Kier molecular flexibility index (Phi) is 7.21. The maximum Gasteiger partial charge on any atom is 0.248 e. The lowest BCUT2D eigenvalue weighted by atomic mass is 10.1. The summed E-state index contributed by atoms with van der Waals surface area (Å²) in [5.41, 5.74) is 4.04. The highest BCUT2D eigenvalue weighted by molar-refractivity contribution is 7.92. The molecular formula is C21H28N2O4S. The van der Waals surface area contributed by atoms with Gasteiger partial charge in [-0.3, -0.25) is 9.10 Å². The molecule has 0 fully saturated rings. The van der Waals surface area contributed by atoms with Crippen molar-refractivity contribution in [1.82, 2.24) is 0 Å². The van der Waals surface area contributed by atoms with Crippen LogP contribution in [0.15, 0.2) is 42.5 Å². The summed E-state index contributed by atoms with van der Waals surface area (Å²) in [4.78, 5) is 13.0. The van der Waals surface area contributed by atoms with Gasteiger partial charge in [0.1, 0.15) is 6.04 Å². The Morgan fingerprint density at radius 3 is 2.43 bits per heavy atom. The van der Waals surface area contributed by atoms with E-state index < -0.39 is 16.1 Å². The Bertz CT molecular complexity index is 941. The van der Waals surface area contributed by atoms with Crippen LogP contribution < -0.4 is 9.62 Å². The smallest absolute Gasteiger partial charge is 0.248 e. The van der Waals surface area contributed by atoms with Crippen molar-refractivity contribution in [2.45, 2.75) is 39.8 Å². The average Bonchev–Trinajstić information content (AvgIpc) is 2.61. The lowest BCUT2D eigenvalue weighted by molar-refractivity contribution is -0.117. The highest BCUT2D eigenvalue weighted by atomic mass is 32.2. The van der Waals surface area contributed by atoms with Gasteiger partial charge in [-0.2, -0.15) is 0 Å². The molecule has 0 aromatic heterocycles. The van der Waals surface area contributed by atoms with Gasteiger partial charge >= 0.3 is 0 Å². The fraction of sp³-hybridized carbons (Fsp3) is 0.381. The van der Waals surface area contributed by atoms with Crippen LogP contribution in [0.2, 0.25) is 0 Å². The Balaban J connectivity index is 2.36. The largest absolute Gasteiger partial charge is 0.380 e. The molecule has 2 rings (SSSR count). The van der Waals surface area contributed by atoms with Crippen LogP contribution in [-0.2, 0) is 26.2 Å². The van der Waals surface area contributed by atoms with Gasteiger partial charge in [0.2, 0.25) is 15.9 Å². The van der Waals surface area contributed by atoms with E-state index in [9.17, 15) is 13.2 Å². The highest BCUT2D eigenvalue weighted by Gasteiger charge is 2.31. The molecular weight excluding hydrogens is 376 g/mol. The van der Waals surface area contributed by atoms with Crippen molar-refractivity contribution in [2.75, 3.05) is 23.0 Å². The number of nitrogens with zero attached hydrogens (tertiary/aromatic N) is 1. The number of aryl methyl sites for hydroxylation is 2. The van der Waals surface area contributed by atoms with Gasteiger partial charge in [-0.15, -0.1) is 0 Å². The second-order valence-electron chi connectivity index (χ2n) is 6.87. The summed E-state index contributed by atoms with van der Waals surface area (Å²) in [7, 11) is -2.06. The van der Waals surface area contributed by atoms with Gasteiger partial charge in [0, 0.05) is 12.8 Å². The maximum atomic E-state index is 13.0. The monoisotopic (exact) mass is 404 g/mol. The number of ether oxygens (including phenoxy) is 1. The van der Waals surface area contributed by atoms with E-state index in [2.05, 4.69) is 5.32 Å². The molecule has 0 heterocycles. The lowest BCUT2D eigenvalue weighted by Gasteiger charge is -2.30. The number of hydrogen-bond donors (Lipinski definition) is 1. The number of amides is 1. The molecule has 0 spiro atoms. The van der Waals surface area contributed by atoms with Crippen LogP contribution in [0.3, 0.4) is 0 Å². The number of methoxy groups -OCH3 is 1. The molecule has 0 saturated heterocycles. The summed E-state index contributed by atoms with van der Waals surface area (Å²) in [5.74, 6) is -0.374. The number of anilines is 2. The molecule has 0 aliphatic rings. The van der Waals surface area contributed by atoms with E-state index in [0.717, 1.165) is 22.9 Å². The zero-order valence-corrected chi connectivity index (χ0v) is 17.8. The highest BCUT2D eigenvalue weighted by Crippen LogP contribution is 2.26. The Morgan fingerprint density at radius 1 is 1.14 bits per heavy atom. The quantitative estimate of drug-likeness (QED) is 0.729. The molecule has 1 unspecified atom stereocenters. The minimum absolute atomic E-state index is 0.337. The molecule has 1 amide bonds. The molecule has 7 heteroatoms. The predicted molar refractivity (Wildman–Crippen MR) is 113 cm³/mol. The van der Waals surface area contributed by atoms with Crippen LogP contribution >= 0.6 is 0 Å². The first-order chi connectivity index (χ1) is 13.2. The maximum absolute atomic E-state index is 13.0. The predicted octanol–water partition coefficient (Wildman–Crippen LogP) is 3.63. The number of carbonyl (C=O) groups is 1. The van der Waals surface area contributed by atoms with Gasteiger partial charge in [0.25, 0.3) is 0 Å². The molecule has 2 aromatic rings. The normalized spacial score (nSPS) is 12.5. The Morgan fingerprint density at radius 2 is 1.86 bits per heavy atom. The fourth-order valence-corrected chi connectivity index (χ4v) is 4.26. The molecule has 28 heavy (non-hydrogen) atoms. The van der Waals surface area contributed by atoms with Crippen molar-refractivity contribution in [3.63, 3.8) is 0 Å². The Hall–Kier alpha value is -2.38. The van der Waals surface area contributed by atoms with Crippen molar-refractivity contribution in [3.8, 4) is 0 Å². The second kappa shape index (κ2) is 9.21. The minimum Gasteiger partial charge on any atom is -0.380 e. The first-order valence-electron chi connectivity index (χ1n) is 9.12. The topological polar surface area (TPSA) is 75.7 Å². The third kappa shape index (κ3) is 5.33. The van der Waals surface area contributed by atoms with E-state index in [-0.39, 0.29) is 5.91 Å². The van der Waals surface area contributed by atoms with Crippen LogP contribution in [0.4, 0.5) is 11.4 Å². The summed E-state index contributed by atoms with van der Waals surface area (Å²) in [5, 5.41) is 2.84. The molecule has 1 atom stereocenters. The van der Waals surface area contributed by atoms with E-state index in [0.29, 0.717) is 24.4 Å². The van der Waals surface area contributed by atoms with Crippen molar-refractivity contribution in [3.05, 3.63) is 59.2 Å². The van der Waals surface area contributed by atoms with E-state index in [1.807, 2.05) is 38.1 Å². The number of hydrogen-bond acceptors (Lipinski definition) is 4. The third-order valence-corrected chi connectivity index (χ3v) is 5.76. The SMILES string of the molecule is CCC(C(=O)Nc1cccc(COC)c1)N(c1ccc(C)c(C)c1)S(C)(=O)=O. The number of rotatable bonds is 8. The van der Waals surface area contributed by atoms with E-state index in [1.54, 1.807) is 32.2 Å². The molecule has 152 valence electrons. The molecule has 0 aliphatic carbocycles. The second-order valence-corrected chi connectivity index (χ2v) is 8.73. The summed E-state index contributed by atoms with van der Waals surface area (Å²) >= 11 is 0. The number of carbonyl (C=O) groups excluding carboxylic acids is 1. The van der Waals surface area contributed by atoms with E-state index in [4.69, 9.17) is 4.74 Å². The van der Waals surface area contributed by atoms with Crippen molar-refractivity contribution in [2.24, 2.45) is 0 Å². The van der Waals surface area contributed by atoms with Crippen LogP contribution in [0.25, 0.3) is 0 Å². The van der Waals surface area contributed by atoms with Gasteiger partial charge in [0.15, 0.2) is 0 Å². The lowest BCUT2D eigenvalue weighted by Crippen LogP contribution is -2.47. The number of benzene rings is 2. The third-order valence-electron chi connectivity index (χ3n) is 4.58. The zero-order valence-electron chi connectivity index (χ0n) is 17.0. The van der Waals surface area contributed by atoms with E-state index in [1.165, 1.54) is 4.31 Å². The van der Waals surface area contributed by atoms with Crippen LogP contribution in [-0.4, -0.2) is 33.7 Å². The van der Waals surface area contributed by atoms with Crippen molar-refractivity contribution >= 4 is 27.3 Å². The average molecular weight is 405 g/mol. The number of sulfonamides is 1. The molecule has 0 bridgehead atoms. The van der Waals surface area contributed by atoms with Crippen LogP contribution in [0, 0.1) is 13.8 Å². The molecule has 0 saturated carbocycles. The van der Waals surface area contributed by atoms with Crippen molar-refractivity contribution < 1.29 is 17.9 Å². The first kappa shape index (κ1) is 21.9. The summed E-state index contributed by atoms with van der Waals surface area (Å²) < 4.78 is 31.4. The Labute approximate surface area is 167 Å². The standard InChI is InChI=1S/C21H28N2O4S/c1-6-20(21(24)22-18-9-7-8-17(13-18)14-27-4)23(28(5,25)26)19-11-10-15(2)16(3)12-19/h7-13,20H,6,14H2,1-5H3,(H,22,24). The molecule has 2 aromatic carbocycles. The molecule has 0 aliphatic heterocycles. The van der Waals surface area contributed by atoms with Gasteiger partial charge in [0.05, 0.1) is 18.6 Å². The first-order valence-corrected chi connectivity index (χ1v) is 11.0. The van der Waals surface area contributed by atoms with E-state index >= 15 is 0 Å². The van der Waals surface area contributed by atoms with Crippen LogP contribution in [0.5, 0.6) is 0 Å². The minimum atomic E-state index is -3.66. The van der Waals surface area contributed by atoms with Gasteiger partial charge in [-0.05, 0) is 61.2 Å². The summed E-state index contributed by atoms with van der Waals surface area (Å²) in [6.07, 6.45) is 1.46. The molecule has 6 nitrogen and oxygen atoms in total. The van der Waals surface area contributed by atoms with Gasteiger partial charge < -0.3 is 10.1 Å². The van der Waals surface area contributed by atoms with Gasteiger partial charge in [-0.25, -0.2) is 8.42 Å². The summed E-state index contributed by atoms with van der Waals surface area (Å²) in [6, 6.07) is 11.8. The molecule has 1 N–H and O–H groups in total. The molecule has 0 radical (unpaired) electrons. The summed E-state index contributed by atoms with van der Waals surface area (Å²) in [6.45, 7) is 6.10. The number of nitrogens with one attached hydrogen (secondary N) is 1. The fourth-order valence-electron chi connectivity index (χ4n) is 3.05. The van der Waals surface area contributed by atoms with Crippen molar-refractivity contribution in [1.29, 1.82) is 0 Å².